The molecule has 112 valence electrons. The number of hydrogen-bond acceptors (Lipinski definition) is 5. The van der Waals surface area contributed by atoms with E-state index in [1.807, 2.05) is 24.4 Å². The predicted octanol–water partition coefficient (Wildman–Crippen LogP) is 1.69. The minimum absolute atomic E-state index is 0.144. The summed E-state index contributed by atoms with van der Waals surface area (Å²) in [6.07, 6.45) is 5.33. The highest BCUT2D eigenvalue weighted by atomic mass is 16.5. The van der Waals surface area contributed by atoms with Crippen LogP contribution in [0.1, 0.15) is 11.3 Å². The van der Waals surface area contributed by atoms with Crippen LogP contribution in [0.25, 0.3) is 0 Å². The number of furan rings is 1. The largest absolute Gasteiger partial charge is 0.468 e. The molecule has 0 amide bonds. The van der Waals surface area contributed by atoms with Crippen molar-refractivity contribution in [3.63, 3.8) is 0 Å². The van der Waals surface area contributed by atoms with Gasteiger partial charge in [-0.3, -0.25) is 9.88 Å². The van der Waals surface area contributed by atoms with Crippen LogP contribution in [0.4, 0.5) is 0 Å². The number of hydrogen-bond donors (Lipinski definition) is 1. The van der Waals surface area contributed by atoms with E-state index >= 15 is 0 Å². The van der Waals surface area contributed by atoms with Crippen LogP contribution in [0.3, 0.4) is 0 Å². The summed E-state index contributed by atoms with van der Waals surface area (Å²) in [6, 6.07) is 7.87. The quantitative estimate of drug-likeness (QED) is 0.840. The number of aliphatic hydroxyl groups is 1. The number of aromatic nitrogens is 1. The maximum absolute atomic E-state index is 9.64. The van der Waals surface area contributed by atoms with Gasteiger partial charge in [-0.05, 0) is 23.8 Å². The summed E-state index contributed by atoms with van der Waals surface area (Å²) in [7, 11) is 0. The molecule has 2 aromatic rings. The van der Waals surface area contributed by atoms with Gasteiger partial charge < -0.3 is 14.3 Å². The SMILES string of the molecule is OCC1(CN(Cc2cccnc2)Cc2ccco2)COC1. The summed E-state index contributed by atoms with van der Waals surface area (Å²) >= 11 is 0. The Morgan fingerprint density at radius 2 is 2.14 bits per heavy atom. The van der Waals surface area contributed by atoms with Gasteiger partial charge in [-0.15, -0.1) is 0 Å². The van der Waals surface area contributed by atoms with E-state index in [9.17, 15) is 5.11 Å². The maximum atomic E-state index is 9.64. The monoisotopic (exact) mass is 288 g/mol. The molecule has 3 heterocycles. The van der Waals surface area contributed by atoms with E-state index in [1.54, 1.807) is 12.5 Å². The van der Waals surface area contributed by atoms with Crippen LogP contribution in [0.15, 0.2) is 47.3 Å². The van der Waals surface area contributed by atoms with Crippen molar-refractivity contribution in [1.82, 2.24) is 9.88 Å². The van der Waals surface area contributed by atoms with E-state index in [0.717, 1.165) is 24.4 Å². The lowest BCUT2D eigenvalue weighted by Crippen LogP contribution is -2.53. The van der Waals surface area contributed by atoms with Crippen LogP contribution in [-0.2, 0) is 17.8 Å². The van der Waals surface area contributed by atoms with E-state index in [2.05, 4.69) is 16.0 Å². The van der Waals surface area contributed by atoms with E-state index in [4.69, 9.17) is 9.15 Å². The number of rotatable bonds is 7. The van der Waals surface area contributed by atoms with Crippen molar-refractivity contribution in [3.05, 3.63) is 54.2 Å². The molecule has 5 nitrogen and oxygen atoms in total. The van der Waals surface area contributed by atoms with Crippen LogP contribution in [-0.4, -0.2) is 41.4 Å². The van der Waals surface area contributed by atoms with Crippen LogP contribution in [0.5, 0.6) is 0 Å². The Morgan fingerprint density at radius 1 is 1.24 bits per heavy atom. The standard InChI is InChI=1S/C16H20N2O3/c19-11-16(12-20-13-16)10-18(9-15-4-2-6-21-15)8-14-3-1-5-17-7-14/h1-7,19H,8-13H2. The lowest BCUT2D eigenvalue weighted by Gasteiger charge is -2.43. The van der Waals surface area contributed by atoms with Gasteiger partial charge in [0.05, 0.1) is 38.0 Å². The van der Waals surface area contributed by atoms with Gasteiger partial charge in [0.1, 0.15) is 5.76 Å². The second kappa shape index (κ2) is 6.39. The topological polar surface area (TPSA) is 58.7 Å². The molecule has 1 aliphatic rings. The average Bonchev–Trinajstić information content (AvgIpc) is 2.97. The van der Waals surface area contributed by atoms with Crippen molar-refractivity contribution in [2.75, 3.05) is 26.4 Å². The zero-order valence-electron chi connectivity index (χ0n) is 11.9. The number of ether oxygens (including phenoxy) is 1. The van der Waals surface area contributed by atoms with Crippen molar-refractivity contribution in [1.29, 1.82) is 0 Å². The number of aliphatic hydroxyl groups excluding tert-OH is 1. The zero-order valence-corrected chi connectivity index (χ0v) is 11.9. The van der Waals surface area contributed by atoms with Crippen molar-refractivity contribution in [3.8, 4) is 0 Å². The third-order valence-electron chi connectivity index (χ3n) is 3.80. The molecular weight excluding hydrogens is 268 g/mol. The van der Waals surface area contributed by atoms with Crippen LogP contribution in [0, 0.1) is 5.41 Å². The molecule has 0 aromatic carbocycles. The summed E-state index contributed by atoms with van der Waals surface area (Å²) in [6.45, 7) is 3.64. The first kappa shape index (κ1) is 14.3. The van der Waals surface area contributed by atoms with Gasteiger partial charge in [-0.2, -0.15) is 0 Å². The molecule has 3 rings (SSSR count). The highest BCUT2D eigenvalue weighted by Gasteiger charge is 2.39. The smallest absolute Gasteiger partial charge is 0.117 e. The first-order valence-corrected chi connectivity index (χ1v) is 7.12. The Balaban J connectivity index is 1.71. The van der Waals surface area contributed by atoms with Crippen molar-refractivity contribution in [2.24, 2.45) is 5.41 Å². The van der Waals surface area contributed by atoms with Gasteiger partial charge in [-0.1, -0.05) is 6.07 Å². The molecule has 5 heteroatoms. The highest BCUT2D eigenvalue weighted by molar-refractivity contribution is 5.09. The third-order valence-corrected chi connectivity index (χ3v) is 3.80. The van der Waals surface area contributed by atoms with Gasteiger partial charge in [0, 0.05) is 25.5 Å². The predicted molar refractivity (Wildman–Crippen MR) is 77.4 cm³/mol. The molecule has 2 aromatic heterocycles. The number of pyridine rings is 1. The third kappa shape index (κ3) is 3.50. The molecule has 0 atom stereocenters. The van der Waals surface area contributed by atoms with Gasteiger partial charge in [0.25, 0.3) is 0 Å². The van der Waals surface area contributed by atoms with Crippen LogP contribution in [0.2, 0.25) is 0 Å². The first-order chi connectivity index (χ1) is 10.3. The normalized spacial score (nSPS) is 16.9. The Bertz CT molecular complexity index is 532. The summed E-state index contributed by atoms with van der Waals surface area (Å²) in [4.78, 5) is 6.43. The first-order valence-electron chi connectivity index (χ1n) is 7.12. The van der Waals surface area contributed by atoms with Gasteiger partial charge in [0.15, 0.2) is 0 Å². The summed E-state index contributed by atoms with van der Waals surface area (Å²) in [5.41, 5.74) is 1.01. The van der Waals surface area contributed by atoms with Crippen LogP contribution < -0.4 is 0 Å². The molecule has 0 spiro atoms. The van der Waals surface area contributed by atoms with E-state index in [1.165, 1.54) is 0 Å². The Labute approximate surface area is 124 Å². The fourth-order valence-corrected chi connectivity index (χ4v) is 2.64. The lowest BCUT2D eigenvalue weighted by atomic mass is 9.86. The van der Waals surface area contributed by atoms with Gasteiger partial charge in [-0.25, -0.2) is 0 Å². The maximum Gasteiger partial charge on any atom is 0.117 e. The minimum Gasteiger partial charge on any atom is -0.468 e. The van der Waals surface area contributed by atoms with Gasteiger partial charge >= 0.3 is 0 Å². The van der Waals surface area contributed by atoms with Gasteiger partial charge in [0.2, 0.25) is 0 Å². The summed E-state index contributed by atoms with van der Waals surface area (Å²) in [5.74, 6) is 0.923. The molecule has 0 bridgehead atoms. The second-order valence-electron chi connectivity index (χ2n) is 5.74. The molecule has 0 unspecified atom stereocenters. The molecular formula is C16H20N2O3. The van der Waals surface area contributed by atoms with E-state index in [-0.39, 0.29) is 12.0 Å². The van der Waals surface area contributed by atoms with Crippen LogP contribution >= 0.6 is 0 Å². The molecule has 1 fully saturated rings. The molecule has 0 saturated carbocycles. The minimum atomic E-state index is -0.144. The summed E-state index contributed by atoms with van der Waals surface area (Å²) < 4.78 is 10.7. The van der Waals surface area contributed by atoms with Crippen molar-refractivity contribution in [2.45, 2.75) is 13.1 Å². The highest BCUT2D eigenvalue weighted by Crippen LogP contribution is 2.29. The molecule has 0 aliphatic carbocycles. The molecule has 1 saturated heterocycles. The van der Waals surface area contributed by atoms with Crippen molar-refractivity contribution < 1.29 is 14.3 Å². The Hall–Kier alpha value is -1.69. The molecule has 1 N–H and O–H groups in total. The second-order valence-corrected chi connectivity index (χ2v) is 5.74. The molecule has 0 radical (unpaired) electrons. The Kier molecular flexibility index (Phi) is 4.34. The fraction of sp³-hybridized carbons (Fsp3) is 0.438. The molecule has 21 heavy (non-hydrogen) atoms. The zero-order chi connectivity index (χ0) is 14.5. The van der Waals surface area contributed by atoms with E-state index < -0.39 is 0 Å². The number of nitrogens with zero attached hydrogens (tertiary/aromatic N) is 2. The van der Waals surface area contributed by atoms with Crippen molar-refractivity contribution >= 4 is 0 Å². The average molecular weight is 288 g/mol. The Morgan fingerprint density at radius 3 is 2.71 bits per heavy atom. The fourth-order valence-electron chi connectivity index (χ4n) is 2.64. The summed E-state index contributed by atoms with van der Waals surface area (Å²) in [5, 5.41) is 9.64. The lowest BCUT2D eigenvalue weighted by molar-refractivity contribution is -0.150. The van der Waals surface area contributed by atoms with E-state index in [0.29, 0.717) is 19.8 Å². The molecule has 1 aliphatic heterocycles.